The van der Waals surface area contributed by atoms with Crippen molar-refractivity contribution in [2.24, 2.45) is 0 Å². The summed E-state index contributed by atoms with van der Waals surface area (Å²) in [6, 6.07) is 14.2. The van der Waals surface area contributed by atoms with Gasteiger partial charge in [0.25, 0.3) is 5.91 Å². The van der Waals surface area contributed by atoms with Gasteiger partial charge in [0.2, 0.25) is 0 Å². The van der Waals surface area contributed by atoms with E-state index < -0.39 is 12.5 Å². The highest BCUT2D eigenvalue weighted by atomic mass is 19.3. The maximum atomic E-state index is 12.6. The zero-order chi connectivity index (χ0) is 19.6. The van der Waals surface area contributed by atoms with Gasteiger partial charge in [0.05, 0.1) is 18.8 Å². The van der Waals surface area contributed by atoms with E-state index in [-0.39, 0.29) is 23.2 Å². The second kappa shape index (κ2) is 10.5. The molecule has 1 unspecified atom stereocenters. The van der Waals surface area contributed by atoms with Crippen molar-refractivity contribution in [3.8, 4) is 11.5 Å². The first-order valence-corrected chi connectivity index (χ1v) is 8.59. The van der Waals surface area contributed by atoms with Gasteiger partial charge < -0.3 is 19.5 Å². The highest BCUT2D eigenvalue weighted by molar-refractivity contribution is 5.97. The third-order valence-corrected chi connectivity index (χ3v) is 3.89. The smallest absolute Gasteiger partial charge is 0.387 e. The van der Waals surface area contributed by atoms with Crippen molar-refractivity contribution in [3.63, 3.8) is 0 Å². The zero-order valence-electron chi connectivity index (χ0n) is 15.3. The van der Waals surface area contributed by atoms with Crippen LogP contribution in [0.4, 0.5) is 8.78 Å². The van der Waals surface area contributed by atoms with Gasteiger partial charge in [-0.05, 0) is 31.0 Å². The summed E-state index contributed by atoms with van der Waals surface area (Å²) >= 11 is 0. The van der Waals surface area contributed by atoms with E-state index in [4.69, 9.17) is 9.47 Å². The summed E-state index contributed by atoms with van der Waals surface area (Å²) in [5.74, 6) is -0.718. The molecule has 1 amide bonds. The number of methoxy groups -OCH3 is 1. The molecule has 0 saturated carbocycles. The Morgan fingerprint density at radius 1 is 1.11 bits per heavy atom. The number of carbonyl (C=O) groups is 1. The summed E-state index contributed by atoms with van der Waals surface area (Å²) in [6.07, 6.45) is 0.532. The van der Waals surface area contributed by atoms with Gasteiger partial charge in [0.1, 0.15) is 0 Å². The molecule has 0 aromatic heterocycles. The lowest BCUT2D eigenvalue weighted by Gasteiger charge is -2.15. The van der Waals surface area contributed by atoms with E-state index in [0.717, 1.165) is 5.56 Å². The van der Waals surface area contributed by atoms with Gasteiger partial charge >= 0.3 is 6.61 Å². The molecule has 0 saturated heterocycles. The number of rotatable bonds is 10. The fraction of sp³-hybridized carbons (Fsp3) is 0.350. The Morgan fingerprint density at radius 3 is 2.52 bits per heavy atom. The van der Waals surface area contributed by atoms with E-state index in [0.29, 0.717) is 19.6 Å². The first-order valence-electron chi connectivity index (χ1n) is 8.59. The minimum Gasteiger partial charge on any atom is -0.493 e. The lowest BCUT2D eigenvalue weighted by Crippen LogP contribution is -2.26. The Kier molecular flexibility index (Phi) is 8.00. The van der Waals surface area contributed by atoms with Crippen LogP contribution in [0.25, 0.3) is 0 Å². The van der Waals surface area contributed by atoms with E-state index in [1.165, 1.54) is 25.3 Å². The van der Waals surface area contributed by atoms with Crippen LogP contribution in [0.5, 0.6) is 11.5 Å². The van der Waals surface area contributed by atoms with Gasteiger partial charge in [0.15, 0.2) is 11.5 Å². The highest BCUT2D eigenvalue weighted by Crippen LogP contribution is 2.32. The second-order valence-electron chi connectivity index (χ2n) is 5.75. The Morgan fingerprint density at radius 2 is 1.85 bits per heavy atom. The third kappa shape index (κ3) is 6.21. The van der Waals surface area contributed by atoms with Crippen LogP contribution in [0.2, 0.25) is 0 Å². The molecular weight excluding hydrogens is 356 g/mol. The predicted octanol–water partition coefficient (Wildman–Crippen LogP) is 4.19. The zero-order valence-corrected chi connectivity index (χ0v) is 15.3. The van der Waals surface area contributed by atoms with Gasteiger partial charge in [-0.25, -0.2) is 0 Å². The Bertz CT molecular complexity index is 725. The standard InChI is InChI=1S/C20H23F2NO4/c1-14(15-8-4-3-5-9-15)26-13-7-12-23-19(24)16-10-6-11-17(25-2)18(16)27-20(21)22/h3-6,8-11,14,20H,7,12-13H2,1-2H3,(H,23,24). The van der Waals surface area contributed by atoms with Crippen LogP contribution < -0.4 is 14.8 Å². The molecule has 2 aromatic rings. The third-order valence-electron chi connectivity index (χ3n) is 3.89. The Balaban J connectivity index is 1.84. The second-order valence-corrected chi connectivity index (χ2v) is 5.75. The van der Waals surface area contributed by atoms with Crippen molar-refractivity contribution >= 4 is 5.91 Å². The van der Waals surface area contributed by atoms with Crippen LogP contribution >= 0.6 is 0 Å². The molecule has 0 heterocycles. The average Bonchev–Trinajstić information content (AvgIpc) is 2.67. The summed E-state index contributed by atoms with van der Waals surface area (Å²) in [7, 11) is 1.32. The molecule has 0 spiro atoms. The van der Waals surface area contributed by atoms with Gasteiger partial charge in [-0.3, -0.25) is 4.79 Å². The number of carbonyl (C=O) groups excluding carboxylic acids is 1. The van der Waals surface area contributed by atoms with Gasteiger partial charge in [0, 0.05) is 13.2 Å². The Hall–Kier alpha value is -2.67. The predicted molar refractivity (Wildman–Crippen MR) is 97.4 cm³/mol. The van der Waals surface area contributed by atoms with Crippen molar-refractivity contribution in [2.45, 2.75) is 26.1 Å². The van der Waals surface area contributed by atoms with Crippen LogP contribution in [0.15, 0.2) is 48.5 Å². The quantitative estimate of drug-likeness (QED) is 0.629. The molecule has 0 aliphatic rings. The number of hydrogen-bond acceptors (Lipinski definition) is 4. The molecule has 0 aliphatic carbocycles. The van der Waals surface area contributed by atoms with Crippen molar-refractivity contribution in [3.05, 3.63) is 59.7 Å². The number of hydrogen-bond donors (Lipinski definition) is 1. The number of nitrogens with one attached hydrogen (secondary N) is 1. The average molecular weight is 379 g/mol. The monoisotopic (exact) mass is 379 g/mol. The van der Waals surface area contributed by atoms with Crippen LogP contribution in [0.3, 0.4) is 0 Å². The fourth-order valence-electron chi connectivity index (χ4n) is 2.52. The number of para-hydroxylation sites is 1. The van der Waals surface area contributed by atoms with Crippen molar-refractivity contribution in [1.29, 1.82) is 0 Å². The molecule has 2 rings (SSSR count). The largest absolute Gasteiger partial charge is 0.493 e. The van der Waals surface area contributed by atoms with Crippen LogP contribution in [-0.2, 0) is 4.74 Å². The molecule has 0 bridgehead atoms. The van der Waals surface area contributed by atoms with E-state index in [9.17, 15) is 13.6 Å². The van der Waals surface area contributed by atoms with Crippen LogP contribution in [-0.4, -0.2) is 32.8 Å². The molecule has 146 valence electrons. The SMILES string of the molecule is COc1cccc(C(=O)NCCCOC(C)c2ccccc2)c1OC(F)F. The minimum absolute atomic E-state index is 0.00628. The number of halogens is 2. The maximum Gasteiger partial charge on any atom is 0.387 e. The molecule has 1 atom stereocenters. The number of alkyl halides is 2. The Labute approximate surface area is 157 Å². The lowest BCUT2D eigenvalue weighted by molar-refractivity contribution is -0.0515. The maximum absolute atomic E-state index is 12.6. The van der Waals surface area contributed by atoms with Crippen LogP contribution in [0, 0.1) is 0 Å². The molecule has 2 aromatic carbocycles. The van der Waals surface area contributed by atoms with E-state index in [1.54, 1.807) is 0 Å². The van der Waals surface area contributed by atoms with E-state index >= 15 is 0 Å². The molecule has 0 radical (unpaired) electrons. The van der Waals surface area contributed by atoms with Crippen LogP contribution in [0.1, 0.15) is 35.4 Å². The molecule has 7 heteroatoms. The number of benzene rings is 2. The lowest BCUT2D eigenvalue weighted by atomic mass is 10.1. The first kappa shape index (κ1) is 20.6. The molecule has 5 nitrogen and oxygen atoms in total. The van der Waals surface area contributed by atoms with Gasteiger partial charge in [-0.2, -0.15) is 8.78 Å². The van der Waals surface area contributed by atoms with Gasteiger partial charge in [-0.1, -0.05) is 36.4 Å². The fourth-order valence-corrected chi connectivity index (χ4v) is 2.52. The van der Waals surface area contributed by atoms with E-state index in [2.05, 4.69) is 10.1 Å². The summed E-state index contributed by atoms with van der Waals surface area (Å²) in [5, 5.41) is 2.68. The molecular formula is C20H23F2NO4. The van der Waals surface area contributed by atoms with Crippen molar-refractivity contribution < 1.29 is 27.8 Å². The number of amides is 1. The van der Waals surface area contributed by atoms with Crippen molar-refractivity contribution in [2.75, 3.05) is 20.3 Å². The molecule has 27 heavy (non-hydrogen) atoms. The molecule has 0 fully saturated rings. The number of ether oxygens (including phenoxy) is 3. The topological polar surface area (TPSA) is 56.8 Å². The molecule has 0 aliphatic heterocycles. The highest BCUT2D eigenvalue weighted by Gasteiger charge is 2.20. The molecule has 1 N–H and O–H groups in total. The normalized spacial score (nSPS) is 11.9. The van der Waals surface area contributed by atoms with E-state index in [1.807, 2.05) is 37.3 Å². The minimum atomic E-state index is -3.05. The summed E-state index contributed by atoms with van der Waals surface area (Å²) in [4.78, 5) is 12.3. The van der Waals surface area contributed by atoms with Crippen molar-refractivity contribution in [1.82, 2.24) is 5.32 Å². The van der Waals surface area contributed by atoms with Gasteiger partial charge in [-0.15, -0.1) is 0 Å². The summed E-state index contributed by atoms with van der Waals surface area (Å²) < 4.78 is 40.4. The summed E-state index contributed by atoms with van der Waals surface area (Å²) in [5.41, 5.74) is 1.07. The summed E-state index contributed by atoms with van der Waals surface area (Å²) in [6.45, 7) is -0.306. The first-order chi connectivity index (χ1) is 13.0.